The van der Waals surface area contributed by atoms with Gasteiger partial charge in [-0.05, 0) is 51.5 Å². The van der Waals surface area contributed by atoms with E-state index >= 15 is 0 Å². The van der Waals surface area contributed by atoms with Gasteiger partial charge in [-0.15, -0.1) is 0 Å². The minimum Gasteiger partial charge on any atom is -0.494 e. The van der Waals surface area contributed by atoms with Crippen molar-refractivity contribution < 1.29 is 14.4 Å². The molecule has 3 aromatic rings. The van der Waals surface area contributed by atoms with E-state index in [1.54, 1.807) is 51.6 Å². The van der Waals surface area contributed by atoms with Crippen molar-refractivity contribution in [2.75, 3.05) is 24.4 Å². The number of aryl methyl sites for hydroxylation is 1. The SMILES string of the molecule is C=C/C(C)=C\N=C(C)c1cccc(Nc2cc(Nc3ccnc(C)n3)ncc2C(=O)NOCC)c1OC. The van der Waals surface area contributed by atoms with Crippen LogP contribution >= 0.6 is 0 Å². The molecule has 1 amide bonds. The molecular formula is C27H31N7O3. The molecule has 0 fully saturated rings. The van der Waals surface area contributed by atoms with Crippen molar-refractivity contribution in [2.24, 2.45) is 4.99 Å². The molecule has 2 heterocycles. The second-order valence-corrected chi connectivity index (χ2v) is 7.90. The van der Waals surface area contributed by atoms with Crippen molar-refractivity contribution in [3.8, 4) is 5.75 Å². The van der Waals surface area contributed by atoms with Gasteiger partial charge in [0.15, 0.2) is 5.75 Å². The van der Waals surface area contributed by atoms with Crippen LogP contribution in [0.1, 0.15) is 42.5 Å². The molecular weight excluding hydrogens is 470 g/mol. The molecule has 3 N–H and O–H groups in total. The van der Waals surface area contributed by atoms with Gasteiger partial charge in [-0.1, -0.05) is 18.7 Å². The topological polar surface area (TPSA) is 123 Å². The standard InChI is InChI=1S/C27H31N7O3/c1-7-17(3)15-29-18(4)20-10-9-11-22(26(20)36-6)32-23-14-25(33-24-12-13-28-19(5)31-24)30-16-21(23)27(35)34-37-8-2/h7,9-16H,1,8H2,2-6H3,(H,34,35)(H2,28,30,31,32,33)/b17-15-,29-18?. The summed E-state index contributed by atoms with van der Waals surface area (Å²) in [5, 5.41) is 6.46. The number of aliphatic imine (C=N–C) groups is 1. The monoisotopic (exact) mass is 501 g/mol. The molecule has 0 bridgehead atoms. The predicted octanol–water partition coefficient (Wildman–Crippen LogP) is 5.26. The molecule has 2 aromatic heterocycles. The molecule has 10 heteroatoms. The third kappa shape index (κ3) is 7.21. The van der Waals surface area contributed by atoms with E-state index in [-0.39, 0.29) is 5.56 Å². The Bertz CT molecular complexity index is 1340. The number of amides is 1. The number of nitrogens with one attached hydrogen (secondary N) is 3. The molecule has 0 radical (unpaired) electrons. The first kappa shape index (κ1) is 27.0. The van der Waals surface area contributed by atoms with Gasteiger partial charge in [0.05, 0.1) is 30.7 Å². The van der Waals surface area contributed by atoms with Gasteiger partial charge in [-0.3, -0.25) is 14.6 Å². The lowest BCUT2D eigenvalue weighted by Crippen LogP contribution is -2.24. The number of aromatic nitrogens is 3. The number of carbonyl (C=O) groups excluding carboxylic acids is 1. The first-order chi connectivity index (χ1) is 17.9. The molecule has 1 aromatic carbocycles. The number of anilines is 4. The lowest BCUT2D eigenvalue weighted by atomic mass is 10.1. The maximum atomic E-state index is 12.8. The van der Waals surface area contributed by atoms with Crippen LogP contribution in [0.3, 0.4) is 0 Å². The highest BCUT2D eigenvalue weighted by atomic mass is 16.6. The van der Waals surface area contributed by atoms with Crippen molar-refractivity contribution in [3.63, 3.8) is 0 Å². The first-order valence-electron chi connectivity index (χ1n) is 11.6. The van der Waals surface area contributed by atoms with E-state index in [2.05, 4.69) is 42.6 Å². The number of benzene rings is 1. The first-order valence-corrected chi connectivity index (χ1v) is 11.6. The fraction of sp³-hybridized carbons (Fsp3) is 0.222. The number of hydrogen-bond acceptors (Lipinski definition) is 9. The van der Waals surface area contributed by atoms with Gasteiger partial charge in [-0.25, -0.2) is 20.4 Å². The van der Waals surface area contributed by atoms with Gasteiger partial charge in [0.2, 0.25) is 0 Å². The van der Waals surface area contributed by atoms with E-state index in [0.717, 1.165) is 16.8 Å². The number of ether oxygens (including phenoxy) is 1. The summed E-state index contributed by atoms with van der Waals surface area (Å²) in [5.41, 5.74) is 6.30. The maximum absolute atomic E-state index is 12.8. The number of hydrogen-bond donors (Lipinski definition) is 3. The number of pyridine rings is 1. The van der Waals surface area contributed by atoms with E-state index in [4.69, 9.17) is 9.57 Å². The highest BCUT2D eigenvalue weighted by Crippen LogP contribution is 2.34. The van der Waals surface area contributed by atoms with E-state index in [9.17, 15) is 4.79 Å². The molecule has 10 nitrogen and oxygen atoms in total. The van der Waals surface area contributed by atoms with Crippen molar-refractivity contribution >= 4 is 34.6 Å². The van der Waals surface area contributed by atoms with Crippen LogP contribution in [-0.4, -0.2) is 40.3 Å². The van der Waals surface area contributed by atoms with Gasteiger partial charge in [0.25, 0.3) is 5.91 Å². The number of carbonyl (C=O) groups is 1. The van der Waals surface area contributed by atoms with Gasteiger partial charge in [0.1, 0.15) is 17.5 Å². The van der Waals surface area contributed by atoms with Gasteiger partial charge in [0, 0.05) is 35.9 Å². The molecule has 0 aliphatic heterocycles. The van der Waals surface area contributed by atoms with Crippen LogP contribution in [0.15, 0.2) is 72.1 Å². The number of rotatable bonds is 11. The summed E-state index contributed by atoms with van der Waals surface area (Å²) in [6.45, 7) is 11.5. The van der Waals surface area contributed by atoms with E-state index in [0.29, 0.717) is 41.2 Å². The largest absolute Gasteiger partial charge is 0.494 e. The summed E-state index contributed by atoms with van der Waals surface area (Å²) in [7, 11) is 1.59. The van der Waals surface area contributed by atoms with Crippen molar-refractivity contribution in [1.29, 1.82) is 0 Å². The third-order valence-corrected chi connectivity index (χ3v) is 5.15. The third-order valence-electron chi connectivity index (χ3n) is 5.15. The fourth-order valence-electron chi connectivity index (χ4n) is 3.26. The number of nitrogens with zero attached hydrogens (tertiary/aromatic N) is 4. The van der Waals surface area contributed by atoms with Crippen LogP contribution in [0, 0.1) is 6.92 Å². The molecule has 192 valence electrons. The molecule has 0 saturated carbocycles. The smallest absolute Gasteiger partial charge is 0.278 e. The van der Waals surface area contributed by atoms with Crippen molar-refractivity contribution in [3.05, 3.63) is 84.1 Å². The molecule has 0 spiro atoms. The van der Waals surface area contributed by atoms with Crippen molar-refractivity contribution in [2.45, 2.75) is 27.7 Å². The maximum Gasteiger partial charge on any atom is 0.278 e. The Morgan fingerprint density at radius 1 is 1.11 bits per heavy atom. The summed E-state index contributed by atoms with van der Waals surface area (Å²) in [4.78, 5) is 35.3. The number of allylic oxidation sites excluding steroid dienone is 2. The Labute approximate surface area is 216 Å². The average Bonchev–Trinajstić information content (AvgIpc) is 2.90. The predicted molar refractivity (Wildman–Crippen MR) is 146 cm³/mol. The zero-order valence-electron chi connectivity index (χ0n) is 21.6. The van der Waals surface area contributed by atoms with Crippen LogP contribution in [-0.2, 0) is 4.84 Å². The Kier molecular flexibility index (Phi) is 9.45. The lowest BCUT2D eigenvalue weighted by Gasteiger charge is -2.18. The molecule has 0 atom stereocenters. The molecule has 0 aliphatic rings. The average molecular weight is 502 g/mol. The minimum absolute atomic E-state index is 0.278. The van der Waals surface area contributed by atoms with Crippen LogP contribution in [0.25, 0.3) is 0 Å². The highest BCUT2D eigenvalue weighted by Gasteiger charge is 2.17. The van der Waals surface area contributed by atoms with Crippen LogP contribution in [0.4, 0.5) is 23.0 Å². The Morgan fingerprint density at radius 3 is 2.62 bits per heavy atom. The lowest BCUT2D eigenvalue weighted by molar-refractivity contribution is 0.0365. The number of para-hydroxylation sites is 1. The van der Waals surface area contributed by atoms with Crippen LogP contribution in [0.2, 0.25) is 0 Å². The Hall–Kier alpha value is -4.57. The summed E-state index contributed by atoms with van der Waals surface area (Å²) in [5.74, 6) is 1.80. The number of hydroxylamine groups is 1. The van der Waals surface area contributed by atoms with E-state index in [1.165, 1.54) is 6.20 Å². The second-order valence-electron chi connectivity index (χ2n) is 7.90. The van der Waals surface area contributed by atoms with Crippen LogP contribution < -0.4 is 20.9 Å². The zero-order chi connectivity index (χ0) is 26.8. The molecule has 3 rings (SSSR count). The minimum atomic E-state index is -0.445. The van der Waals surface area contributed by atoms with E-state index < -0.39 is 5.91 Å². The summed E-state index contributed by atoms with van der Waals surface area (Å²) < 4.78 is 5.75. The van der Waals surface area contributed by atoms with Crippen LogP contribution in [0.5, 0.6) is 5.75 Å². The highest BCUT2D eigenvalue weighted by molar-refractivity contribution is 6.04. The zero-order valence-corrected chi connectivity index (χ0v) is 21.6. The fourth-order valence-corrected chi connectivity index (χ4v) is 3.26. The van der Waals surface area contributed by atoms with Gasteiger partial charge < -0.3 is 15.4 Å². The molecule has 0 aliphatic carbocycles. The number of methoxy groups -OCH3 is 1. The normalized spacial score (nSPS) is 11.6. The molecule has 0 saturated heterocycles. The summed E-state index contributed by atoms with van der Waals surface area (Å²) in [6, 6.07) is 9.09. The molecule has 37 heavy (non-hydrogen) atoms. The Morgan fingerprint density at radius 2 is 1.92 bits per heavy atom. The van der Waals surface area contributed by atoms with E-state index in [1.807, 2.05) is 32.0 Å². The van der Waals surface area contributed by atoms with Gasteiger partial charge in [-0.2, -0.15) is 0 Å². The molecule has 0 unspecified atom stereocenters. The quantitative estimate of drug-likeness (QED) is 0.185. The van der Waals surface area contributed by atoms with Gasteiger partial charge >= 0.3 is 0 Å². The second kappa shape index (κ2) is 12.9. The Balaban J connectivity index is 2.03. The summed E-state index contributed by atoms with van der Waals surface area (Å²) >= 11 is 0. The summed E-state index contributed by atoms with van der Waals surface area (Å²) in [6.07, 6.45) is 6.59. The van der Waals surface area contributed by atoms with Crippen molar-refractivity contribution in [1.82, 2.24) is 20.4 Å².